The smallest absolute Gasteiger partial charge is 0.327 e. The molecule has 2 aromatic rings. The van der Waals surface area contributed by atoms with E-state index in [-0.39, 0.29) is 5.88 Å². The van der Waals surface area contributed by atoms with E-state index in [0.717, 1.165) is 10.8 Å². The van der Waals surface area contributed by atoms with Crippen LogP contribution in [0.3, 0.4) is 0 Å². The molecule has 0 atom stereocenters. The summed E-state index contributed by atoms with van der Waals surface area (Å²) in [7, 11) is -3.48. The third-order valence-corrected chi connectivity index (χ3v) is 3.44. The summed E-state index contributed by atoms with van der Waals surface area (Å²) < 4.78 is 27.5. The Labute approximate surface area is 93.0 Å². The van der Waals surface area contributed by atoms with E-state index in [1.807, 2.05) is 30.3 Å². The molecule has 0 saturated carbocycles. The Hall–Kier alpha value is -1.75. The van der Waals surface area contributed by atoms with Gasteiger partial charge in [-0.2, -0.15) is 8.42 Å². The molecule has 0 aromatic heterocycles. The number of fused-ring (bicyclic) bond motifs is 2. The highest BCUT2D eigenvalue weighted by molar-refractivity contribution is 7.87. The van der Waals surface area contributed by atoms with Gasteiger partial charge in [-0.25, -0.2) is 0 Å². The van der Waals surface area contributed by atoms with Crippen molar-refractivity contribution in [3.05, 3.63) is 36.4 Å². The zero-order valence-electron chi connectivity index (χ0n) is 8.30. The zero-order chi connectivity index (χ0) is 11.2. The Kier molecular flexibility index (Phi) is 1.85. The second kappa shape index (κ2) is 3.12. The predicted molar refractivity (Wildman–Crippen MR) is 62.0 cm³/mol. The minimum Gasteiger partial charge on any atom is -0.379 e. The van der Waals surface area contributed by atoms with E-state index in [9.17, 15) is 8.42 Å². The van der Waals surface area contributed by atoms with Crippen LogP contribution in [0.15, 0.2) is 36.4 Å². The van der Waals surface area contributed by atoms with Gasteiger partial charge in [-0.1, -0.05) is 24.3 Å². The molecule has 0 spiro atoms. The first-order valence-electron chi connectivity index (χ1n) is 4.83. The monoisotopic (exact) mass is 235 g/mol. The first-order valence-corrected chi connectivity index (χ1v) is 6.41. The second-order valence-electron chi connectivity index (χ2n) is 3.66. The number of hydrogen-bond acceptors (Lipinski definition) is 4. The van der Waals surface area contributed by atoms with Crippen LogP contribution in [-0.2, 0) is 10.1 Å². The van der Waals surface area contributed by atoms with Crippen molar-refractivity contribution in [2.45, 2.75) is 0 Å². The first kappa shape index (κ1) is 9.47. The van der Waals surface area contributed by atoms with E-state index in [2.05, 4.69) is 5.32 Å². The van der Waals surface area contributed by atoms with E-state index in [1.54, 1.807) is 6.07 Å². The molecule has 2 aromatic carbocycles. The lowest BCUT2D eigenvalue weighted by atomic mass is 10.1. The van der Waals surface area contributed by atoms with Gasteiger partial charge in [0.2, 0.25) is 0 Å². The molecule has 5 heteroatoms. The van der Waals surface area contributed by atoms with Crippen LogP contribution in [0.4, 0.5) is 5.69 Å². The molecular formula is C11H9NO3S. The van der Waals surface area contributed by atoms with Crippen molar-refractivity contribution in [2.24, 2.45) is 0 Å². The normalized spacial score (nSPS) is 17.2. The van der Waals surface area contributed by atoms with Crippen LogP contribution < -0.4 is 9.50 Å². The number of hydrogen-bond donors (Lipinski definition) is 1. The van der Waals surface area contributed by atoms with Crippen LogP contribution in [0, 0.1) is 0 Å². The van der Waals surface area contributed by atoms with Crippen molar-refractivity contribution in [3.8, 4) is 5.75 Å². The topological polar surface area (TPSA) is 55.4 Å². The Morgan fingerprint density at radius 1 is 1.12 bits per heavy atom. The third-order valence-electron chi connectivity index (χ3n) is 2.50. The van der Waals surface area contributed by atoms with Gasteiger partial charge >= 0.3 is 10.1 Å². The van der Waals surface area contributed by atoms with Crippen LogP contribution in [-0.4, -0.2) is 14.3 Å². The SMILES string of the molecule is O=S1(=O)CNc2cc3ccccc3cc2O1. The van der Waals surface area contributed by atoms with Gasteiger partial charge in [0, 0.05) is 0 Å². The van der Waals surface area contributed by atoms with Crippen molar-refractivity contribution in [2.75, 3.05) is 11.2 Å². The minimum atomic E-state index is -3.48. The highest BCUT2D eigenvalue weighted by Crippen LogP contribution is 2.33. The molecule has 0 bridgehead atoms. The Balaban J connectivity index is 2.25. The van der Waals surface area contributed by atoms with Crippen LogP contribution in [0.5, 0.6) is 5.75 Å². The molecule has 3 rings (SSSR count). The molecule has 1 N–H and O–H groups in total. The number of nitrogens with one attached hydrogen (secondary N) is 1. The largest absolute Gasteiger partial charge is 0.379 e. The van der Waals surface area contributed by atoms with Crippen LogP contribution in [0.25, 0.3) is 10.8 Å². The summed E-state index contributed by atoms with van der Waals surface area (Å²) in [6, 6.07) is 11.4. The molecule has 0 radical (unpaired) electrons. The lowest BCUT2D eigenvalue weighted by Crippen LogP contribution is -2.24. The van der Waals surface area contributed by atoms with E-state index >= 15 is 0 Å². The fourth-order valence-corrected chi connectivity index (χ4v) is 2.56. The molecule has 1 aliphatic rings. The van der Waals surface area contributed by atoms with Gasteiger partial charge in [0.15, 0.2) is 11.6 Å². The van der Waals surface area contributed by atoms with Gasteiger partial charge in [0.1, 0.15) is 0 Å². The van der Waals surface area contributed by atoms with E-state index in [1.165, 1.54) is 0 Å². The molecule has 0 saturated heterocycles. The summed E-state index contributed by atoms with van der Waals surface area (Å²) >= 11 is 0. The van der Waals surface area contributed by atoms with Gasteiger partial charge in [0.05, 0.1) is 5.69 Å². The fourth-order valence-electron chi connectivity index (χ4n) is 1.76. The highest BCUT2D eigenvalue weighted by atomic mass is 32.2. The number of rotatable bonds is 0. The standard InChI is InChI=1S/C11H9NO3S/c13-16(14)7-12-10-5-8-3-1-2-4-9(8)6-11(10)15-16/h1-6,12H,7H2. The number of benzene rings is 2. The zero-order valence-corrected chi connectivity index (χ0v) is 9.12. The summed E-state index contributed by atoms with van der Waals surface area (Å²) in [6.45, 7) is 0. The molecule has 82 valence electrons. The second-order valence-corrected chi connectivity index (χ2v) is 5.23. The van der Waals surface area contributed by atoms with E-state index < -0.39 is 10.1 Å². The Morgan fingerprint density at radius 3 is 2.56 bits per heavy atom. The van der Waals surface area contributed by atoms with Crippen LogP contribution in [0.1, 0.15) is 0 Å². The summed E-state index contributed by atoms with van der Waals surface area (Å²) in [5.74, 6) is 0.183. The maximum absolute atomic E-state index is 11.3. The molecule has 1 aliphatic heterocycles. The third kappa shape index (κ3) is 1.49. The van der Waals surface area contributed by atoms with Crippen molar-refractivity contribution < 1.29 is 12.6 Å². The van der Waals surface area contributed by atoms with E-state index in [4.69, 9.17) is 4.18 Å². The molecule has 0 aliphatic carbocycles. The molecular weight excluding hydrogens is 226 g/mol. The molecule has 16 heavy (non-hydrogen) atoms. The Morgan fingerprint density at radius 2 is 1.81 bits per heavy atom. The molecule has 0 amide bonds. The summed E-state index contributed by atoms with van der Waals surface area (Å²) in [4.78, 5) is 0. The van der Waals surface area contributed by atoms with Gasteiger partial charge in [-0.05, 0) is 22.9 Å². The molecule has 0 unspecified atom stereocenters. The number of anilines is 1. The highest BCUT2D eigenvalue weighted by Gasteiger charge is 2.21. The average molecular weight is 235 g/mol. The lowest BCUT2D eigenvalue weighted by molar-refractivity contribution is 0.484. The summed E-state index contributed by atoms with van der Waals surface area (Å²) in [5.41, 5.74) is 0.716. The van der Waals surface area contributed by atoms with Crippen molar-refractivity contribution in [1.29, 1.82) is 0 Å². The molecule has 1 heterocycles. The molecule has 4 nitrogen and oxygen atoms in total. The van der Waals surface area contributed by atoms with Gasteiger partial charge in [-0.15, -0.1) is 0 Å². The Bertz CT molecular complexity index is 664. The molecule has 0 fully saturated rings. The van der Waals surface area contributed by atoms with Crippen LogP contribution >= 0.6 is 0 Å². The predicted octanol–water partition coefficient (Wildman–Crippen LogP) is 1.93. The lowest BCUT2D eigenvalue weighted by Gasteiger charge is -2.19. The van der Waals surface area contributed by atoms with Crippen molar-refractivity contribution in [3.63, 3.8) is 0 Å². The van der Waals surface area contributed by atoms with Gasteiger partial charge < -0.3 is 9.50 Å². The van der Waals surface area contributed by atoms with Crippen molar-refractivity contribution in [1.82, 2.24) is 0 Å². The maximum Gasteiger partial charge on any atom is 0.327 e. The fraction of sp³-hybridized carbons (Fsp3) is 0.0909. The first-order chi connectivity index (χ1) is 7.64. The van der Waals surface area contributed by atoms with Gasteiger partial charge in [-0.3, -0.25) is 0 Å². The van der Waals surface area contributed by atoms with Gasteiger partial charge in [0.25, 0.3) is 0 Å². The van der Waals surface area contributed by atoms with Crippen LogP contribution in [0.2, 0.25) is 0 Å². The summed E-state index contributed by atoms with van der Waals surface area (Å²) in [6.07, 6.45) is 0. The minimum absolute atomic E-state index is 0.182. The maximum atomic E-state index is 11.3. The quantitative estimate of drug-likeness (QED) is 0.709. The average Bonchev–Trinajstić information content (AvgIpc) is 2.25. The van der Waals surface area contributed by atoms with E-state index in [0.29, 0.717) is 11.4 Å². The van der Waals surface area contributed by atoms with Crippen molar-refractivity contribution >= 4 is 26.6 Å². The summed E-state index contributed by atoms with van der Waals surface area (Å²) in [5, 5.41) is 4.84.